The van der Waals surface area contributed by atoms with E-state index in [1.54, 1.807) is 0 Å². The molecule has 14 heavy (non-hydrogen) atoms. The van der Waals surface area contributed by atoms with Gasteiger partial charge in [0.15, 0.2) is 0 Å². The minimum absolute atomic E-state index is 1.10. The maximum atomic E-state index is 4.51. The Morgan fingerprint density at radius 2 is 1.71 bits per heavy atom. The molecule has 0 aromatic carbocycles. The van der Waals surface area contributed by atoms with Crippen LogP contribution in [0.25, 0.3) is 10.2 Å². The van der Waals surface area contributed by atoms with E-state index in [-0.39, 0.29) is 0 Å². The van der Waals surface area contributed by atoms with Gasteiger partial charge in [0.25, 0.3) is 0 Å². The lowest BCUT2D eigenvalue weighted by atomic mass is 10.2. The van der Waals surface area contributed by atoms with Crippen LogP contribution < -0.4 is 0 Å². The second-order valence-corrected chi connectivity index (χ2v) is 4.34. The summed E-state index contributed by atoms with van der Waals surface area (Å²) in [7, 11) is 0. The van der Waals surface area contributed by atoms with Crippen molar-refractivity contribution in [3.05, 3.63) is 28.3 Å². The molecule has 0 unspecified atom stereocenters. The molecule has 2 heteroatoms. The molecule has 2 aromatic rings. The highest BCUT2D eigenvalue weighted by Crippen LogP contribution is 2.28. The fourth-order valence-corrected chi connectivity index (χ4v) is 2.31. The minimum Gasteiger partial charge on any atom is -0.252 e. The first-order valence-corrected chi connectivity index (χ1v) is 5.83. The molecular weight excluding hydrogens is 190 g/mol. The van der Waals surface area contributed by atoms with Gasteiger partial charge in [0, 0.05) is 10.6 Å². The summed E-state index contributed by atoms with van der Waals surface area (Å²) in [5.41, 5.74) is 3.61. The summed E-state index contributed by atoms with van der Waals surface area (Å²) in [6.45, 7) is 10.3. The van der Waals surface area contributed by atoms with Crippen molar-refractivity contribution in [2.75, 3.05) is 0 Å². The van der Waals surface area contributed by atoms with E-state index < -0.39 is 0 Å². The Kier molecular flexibility index (Phi) is 3.64. The quantitative estimate of drug-likeness (QED) is 0.629. The first-order valence-electron chi connectivity index (χ1n) is 5.02. The Bertz CT molecular complexity index is 429. The highest BCUT2D eigenvalue weighted by atomic mass is 32.1. The molecule has 0 bridgehead atoms. The molecule has 2 rings (SSSR count). The van der Waals surface area contributed by atoms with Crippen LogP contribution in [-0.4, -0.2) is 4.98 Å². The minimum atomic E-state index is 1.10. The summed E-state index contributed by atoms with van der Waals surface area (Å²) >= 11 is 1.82. The van der Waals surface area contributed by atoms with Gasteiger partial charge in [0.1, 0.15) is 0 Å². The molecule has 76 valence electrons. The van der Waals surface area contributed by atoms with E-state index in [9.17, 15) is 0 Å². The number of fused-ring (bicyclic) bond motifs is 1. The fourth-order valence-electron chi connectivity index (χ4n) is 1.30. The van der Waals surface area contributed by atoms with Crippen molar-refractivity contribution < 1.29 is 0 Å². The van der Waals surface area contributed by atoms with Crippen molar-refractivity contribution in [3.8, 4) is 0 Å². The van der Waals surface area contributed by atoms with Gasteiger partial charge in [-0.05, 0) is 38.5 Å². The van der Waals surface area contributed by atoms with Crippen LogP contribution in [0.1, 0.15) is 30.0 Å². The van der Waals surface area contributed by atoms with Crippen LogP contribution in [0, 0.1) is 20.8 Å². The van der Waals surface area contributed by atoms with E-state index in [0.29, 0.717) is 0 Å². The molecule has 0 saturated carbocycles. The van der Waals surface area contributed by atoms with Crippen molar-refractivity contribution in [1.29, 1.82) is 0 Å². The van der Waals surface area contributed by atoms with Gasteiger partial charge >= 0.3 is 0 Å². The molecule has 0 saturated heterocycles. The lowest BCUT2D eigenvalue weighted by Crippen LogP contribution is -1.80. The zero-order chi connectivity index (χ0) is 10.7. The molecule has 0 aliphatic heterocycles. The van der Waals surface area contributed by atoms with Crippen LogP contribution >= 0.6 is 11.3 Å². The molecule has 0 aliphatic carbocycles. The molecule has 0 fully saturated rings. The second-order valence-electron chi connectivity index (χ2n) is 3.08. The van der Waals surface area contributed by atoms with E-state index in [0.717, 1.165) is 5.69 Å². The number of aromatic nitrogens is 1. The molecule has 2 aromatic heterocycles. The first kappa shape index (κ1) is 11.2. The maximum absolute atomic E-state index is 4.51. The number of nitrogens with zero attached hydrogens (tertiary/aromatic N) is 1. The molecule has 0 amide bonds. The van der Waals surface area contributed by atoms with Gasteiger partial charge in [-0.15, -0.1) is 11.3 Å². The monoisotopic (exact) mass is 207 g/mol. The van der Waals surface area contributed by atoms with Gasteiger partial charge in [0.05, 0.1) is 10.2 Å². The summed E-state index contributed by atoms with van der Waals surface area (Å²) in [5.74, 6) is 0. The third-order valence-electron chi connectivity index (χ3n) is 2.14. The molecule has 0 N–H and O–H groups in total. The van der Waals surface area contributed by atoms with Crippen LogP contribution in [0.2, 0.25) is 0 Å². The van der Waals surface area contributed by atoms with Crippen molar-refractivity contribution in [2.24, 2.45) is 0 Å². The Morgan fingerprint density at radius 3 is 2.36 bits per heavy atom. The lowest BCUT2D eigenvalue weighted by Gasteiger charge is -1.92. The van der Waals surface area contributed by atoms with Gasteiger partial charge in [-0.3, -0.25) is 4.98 Å². The van der Waals surface area contributed by atoms with E-state index in [1.807, 2.05) is 32.1 Å². The Balaban J connectivity index is 0.000000461. The molecule has 0 radical (unpaired) electrons. The summed E-state index contributed by atoms with van der Waals surface area (Å²) in [6, 6.07) is 4.22. The van der Waals surface area contributed by atoms with Crippen molar-refractivity contribution in [2.45, 2.75) is 34.6 Å². The Hall–Kier alpha value is -0.890. The van der Waals surface area contributed by atoms with Crippen molar-refractivity contribution in [1.82, 2.24) is 4.98 Å². The summed E-state index contributed by atoms with van der Waals surface area (Å²) in [5, 5.41) is 0. The van der Waals surface area contributed by atoms with Crippen molar-refractivity contribution in [3.63, 3.8) is 0 Å². The first-order chi connectivity index (χ1) is 6.68. The average molecular weight is 207 g/mol. The summed E-state index contributed by atoms with van der Waals surface area (Å²) in [6.07, 6.45) is 0. The number of aryl methyl sites for hydroxylation is 3. The topological polar surface area (TPSA) is 12.9 Å². The van der Waals surface area contributed by atoms with E-state index in [1.165, 1.54) is 20.7 Å². The number of rotatable bonds is 0. The SMILES string of the molecule is CC.Cc1ccc2sc(C)c(C)c2n1. The van der Waals surface area contributed by atoms with Crippen LogP contribution in [0.5, 0.6) is 0 Å². The van der Waals surface area contributed by atoms with Crippen LogP contribution in [0.15, 0.2) is 12.1 Å². The Labute approximate surface area is 89.8 Å². The van der Waals surface area contributed by atoms with Gasteiger partial charge in [-0.2, -0.15) is 0 Å². The van der Waals surface area contributed by atoms with Gasteiger partial charge in [-0.25, -0.2) is 0 Å². The van der Waals surface area contributed by atoms with E-state index in [2.05, 4.69) is 31.0 Å². The predicted molar refractivity (Wildman–Crippen MR) is 65.2 cm³/mol. The number of hydrogen-bond acceptors (Lipinski definition) is 2. The molecule has 0 atom stereocenters. The smallest absolute Gasteiger partial charge is 0.0844 e. The van der Waals surface area contributed by atoms with E-state index >= 15 is 0 Å². The van der Waals surface area contributed by atoms with Crippen molar-refractivity contribution >= 4 is 21.6 Å². The molecular formula is C12H17NS. The van der Waals surface area contributed by atoms with E-state index in [4.69, 9.17) is 0 Å². The summed E-state index contributed by atoms with van der Waals surface area (Å²) in [4.78, 5) is 5.88. The zero-order valence-corrected chi connectivity index (χ0v) is 10.3. The normalized spacial score (nSPS) is 9.79. The second kappa shape index (κ2) is 4.56. The molecule has 2 heterocycles. The average Bonchev–Trinajstić information content (AvgIpc) is 2.48. The Morgan fingerprint density at radius 1 is 1.07 bits per heavy atom. The summed E-state index contributed by atoms with van der Waals surface area (Å²) < 4.78 is 1.30. The highest BCUT2D eigenvalue weighted by Gasteiger charge is 2.04. The molecule has 1 nitrogen and oxygen atoms in total. The predicted octanol–water partition coefficient (Wildman–Crippen LogP) is 4.25. The number of pyridine rings is 1. The zero-order valence-electron chi connectivity index (χ0n) is 9.51. The lowest BCUT2D eigenvalue weighted by molar-refractivity contribution is 1.25. The largest absolute Gasteiger partial charge is 0.252 e. The highest BCUT2D eigenvalue weighted by molar-refractivity contribution is 7.19. The standard InChI is InChI=1S/C10H11NS.C2H6/c1-6-4-5-9-10(11-6)7(2)8(3)12-9;1-2/h4-5H,1-3H3;1-2H3. The van der Waals surface area contributed by atoms with Gasteiger partial charge < -0.3 is 0 Å². The van der Waals surface area contributed by atoms with Crippen LogP contribution in [0.4, 0.5) is 0 Å². The molecule has 0 spiro atoms. The maximum Gasteiger partial charge on any atom is 0.0844 e. The fraction of sp³-hybridized carbons (Fsp3) is 0.417. The number of hydrogen-bond donors (Lipinski definition) is 0. The van der Waals surface area contributed by atoms with Crippen LogP contribution in [0.3, 0.4) is 0 Å². The third-order valence-corrected chi connectivity index (χ3v) is 3.31. The van der Waals surface area contributed by atoms with Gasteiger partial charge in [-0.1, -0.05) is 13.8 Å². The third kappa shape index (κ3) is 1.95. The molecule has 0 aliphatic rings. The van der Waals surface area contributed by atoms with Crippen LogP contribution in [-0.2, 0) is 0 Å². The number of thiophene rings is 1. The van der Waals surface area contributed by atoms with Gasteiger partial charge in [0.2, 0.25) is 0 Å².